The molecule has 0 aliphatic carbocycles. The zero-order valence-corrected chi connectivity index (χ0v) is 13.5. The van der Waals surface area contributed by atoms with Crippen molar-refractivity contribution >= 4 is 15.9 Å². The topological polar surface area (TPSA) is 12.0 Å². The van der Waals surface area contributed by atoms with Crippen molar-refractivity contribution in [1.29, 1.82) is 0 Å². The minimum Gasteiger partial charge on any atom is -0.310 e. The fourth-order valence-corrected chi connectivity index (χ4v) is 2.51. The average molecular weight is 354 g/mol. The average Bonchev–Trinajstić information content (AvgIpc) is 2.48. The molecular formula is C17H18BrF2N. The van der Waals surface area contributed by atoms with E-state index in [4.69, 9.17) is 0 Å². The van der Waals surface area contributed by atoms with Crippen LogP contribution < -0.4 is 5.32 Å². The Kier molecular flexibility index (Phi) is 5.88. The van der Waals surface area contributed by atoms with Crippen LogP contribution in [0.4, 0.5) is 8.78 Å². The van der Waals surface area contributed by atoms with Gasteiger partial charge in [0.2, 0.25) is 0 Å². The molecule has 0 amide bonds. The molecule has 0 heterocycles. The predicted molar refractivity (Wildman–Crippen MR) is 85.2 cm³/mol. The Hall–Kier alpha value is -1.26. The number of hydrogen-bond donors (Lipinski definition) is 1. The van der Waals surface area contributed by atoms with Crippen LogP contribution in [0.1, 0.15) is 30.5 Å². The van der Waals surface area contributed by atoms with Gasteiger partial charge >= 0.3 is 0 Å². The number of benzene rings is 2. The van der Waals surface area contributed by atoms with Crippen molar-refractivity contribution in [2.75, 3.05) is 6.54 Å². The molecule has 1 atom stereocenters. The lowest BCUT2D eigenvalue weighted by atomic mass is 9.98. The van der Waals surface area contributed by atoms with Crippen molar-refractivity contribution in [3.8, 4) is 0 Å². The molecule has 0 radical (unpaired) electrons. The summed E-state index contributed by atoms with van der Waals surface area (Å²) in [6.45, 7) is 2.91. The van der Waals surface area contributed by atoms with Crippen LogP contribution in [0, 0.1) is 11.6 Å². The summed E-state index contributed by atoms with van der Waals surface area (Å²) in [6.07, 6.45) is 1.41. The highest BCUT2D eigenvalue weighted by atomic mass is 79.9. The minimum absolute atomic E-state index is 0.0330. The molecule has 2 rings (SSSR count). The number of hydrogen-bond acceptors (Lipinski definition) is 1. The normalized spacial score (nSPS) is 12.4. The van der Waals surface area contributed by atoms with Gasteiger partial charge in [0.05, 0.1) is 0 Å². The number of halogens is 3. The molecule has 1 unspecified atom stereocenters. The smallest absolute Gasteiger partial charge is 0.126 e. The van der Waals surface area contributed by atoms with Crippen molar-refractivity contribution in [1.82, 2.24) is 5.32 Å². The molecule has 0 saturated heterocycles. The maximum absolute atomic E-state index is 13.8. The molecule has 0 bridgehead atoms. The molecular weight excluding hydrogens is 336 g/mol. The Balaban J connectivity index is 2.23. The van der Waals surface area contributed by atoms with Gasteiger partial charge < -0.3 is 5.32 Å². The SMILES string of the molecule is CCCNC(Cc1cc(F)ccc1F)c1ccc(Br)cc1. The van der Waals surface area contributed by atoms with Gasteiger partial charge in [0.1, 0.15) is 11.6 Å². The molecule has 112 valence electrons. The molecule has 1 nitrogen and oxygen atoms in total. The molecule has 0 aromatic heterocycles. The summed E-state index contributed by atoms with van der Waals surface area (Å²) >= 11 is 3.41. The van der Waals surface area contributed by atoms with Crippen molar-refractivity contribution in [3.05, 3.63) is 69.7 Å². The maximum atomic E-state index is 13.8. The maximum Gasteiger partial charge on any atom is 0.126 e. The second-order valence-electron chi connectivity index (χ2n) is 5.00. The Bertz CT molecular complexity index is 584. The summed E-state index contributed by atoms with van der Waals surface area (Å²) < 4.78 is 28.1. The van der Waals surface area contributed by atoms with Gasteiger partial charge in [0, 0.05) is 10.5 Å². The highest BCUT2D eigenvalue weighted by Gasteiger charge is 2.14. The largest absolute Gasteiger partial charge is 0.310 e. The first-order valence-corrected chi connectivity index (χ1v) is 7.82. The summed E-state index contributed by atoms with van der Waals surface area (Å²) in [7, 11) is 0. The second-order valence-corrected chi connectivity index (χ2v) is 5.91. The molecule has 0 aliphatic rings. The standard InChI is InChI=1S/C17H18BrF2N/c1-2-9-21-17(12-3-5-14(18)6-4-12)11-13-10-15(19)7-8-16(13)20/h3-8,10,17,21H,2,9,11H2,1H3. The number of nitrogens with one attached hydrogen (secondary N) is 1. The lowest BCUT2D eigenvalue weighted by Crippen LogP contribution is -2.24. The Morgan fingerprint density at radius 1 is 1.10 bits per heavy atom. The Morgan fingerprint density at radius 3 is 2.48 bits per heavy atom. The summed E-state index contributed by atoms with van der Waals surface area (Å²) in [4.78, 5) is 0. The minimum atomic E-state index is -0.406. The Labute approximate surface area is 132 Å². The first-order valence-electron chi connectivity index (χ1n) is 7.03. The van der Waals surface area contributed by atoms with Gasteiger partial charge in [0.15, 0.2) is 0 Å². The molecule has 0 saturated carbocycles. The molecule has 1 N–H and O–H groups in total. The highest BCUT2D eigenvalue weighted by molar-refractivity contribution is 9.10. The van der Waals surface area contributed by atoms with E-state index in [0.29, 0.717) is 12.0 Å². The zero-order valence-electron chi connectivity index (χ0n) is 11.9. The third-order valence-electron chi connectivity index (χ3n) is 3.34. The third-order valence-corrected chi connectivity index (χ3v) is 3.87. The van der Waals surface area contributed by atoms with Crippen LogP contribution in [0.25, 0.3) is 0 Å². The lowest BCUT2D eigenvalue weighted by Gasteiger charge is -2.19. The third kappa shape index (κ3) is 4.61. The quantitative estimate of drug-likeness (QED) is 0.769. The van der Waals surface area contributed by atoms with Crippen LogP contribution >= 0.6 is 15.9 Å². The van der Waals surface area contributed by atoms with Gasteiger partial charge in [-0.25, -0.2) is 8.78 Å². The summed E-state index contributed by atoms with van der Waals surface area (Å²) in [6, 6.07) is 11.5. The molecule has 0 fully saturated rings. The van der Waals surface area contributed by atoms with E-state index in [1.807, 2.05) is 24.3 Å². The van der Waals surface area contributed by atoms with Crippen molar-refractivity contribution < 1.29 is 8.78 Å². The van der Waals surface area contributed by atoms with Crippen molar-refractivity contribution in [2.24, 2.45) is 0 Å². The highest BCUT2D eigenvalue weighted by Crippen LogP contribution is 2.22. The fraction of sp³-hybridized carbons (Fsp3) is 0.294. The fourth-order valence-electron chi connectivity index (χ4n) is 2.24. The van der Waals surface area contributed by atoms with Crippen LogP contribution in [0.15, 0.2) is 46.9 Å². The van der Waals surface area contributed by atoms with Gasteiger partial charge in [-0.2, -0.15) is 0 Å². The van der Waals surface area contributed by atoms with E-state index < -0.39 is 5.82 Å². The van der Waals surface area contributed by atoms with Crippen molar-refractivity contribution in [2.45, 2.75) is 25.8 Å². The molecule has 0 aliphatic heterocycles. The predicted octanol–water partition coefficient (Wildman–Crippen LogP) is 5.01. The molecule has 2 aromatic rings. The van der Waals surface area contributed by atoms with Crippen LogP contribution in [0.5, 0.6) is 0 Å². The summed E-state index contributed by atoms with van der Waals surface area (Å²) in [5.74, 6) is -0.770. The first kappa shape index (κ1) is 16.1. The van der Waals surface area contributed by atoms with E-state index in [1.54, 1.807) is 0 Å². The van der Waals surface area contributed by atoms with Gasteiger partial charge in [-0.15, -0.1) is 0 Å². The molecule has 0 spiro atoms. The van der Waals surface area contributed by atoms with E-state index in [0.717, 1.165) is 29.1 Å². The van der Waals surface area contributed by atoms with Crippen LogP contribution in [0.2, 0.25) is 0 Å². The molecule has 4 heteroatoms. The van der Waals surface area contributed by atoms with E-state index in [9.17, 15) is 8.78 Å². The first-order chi connectivity index (χ1) is 10.1. The lowest BCUT2D eigenvalue weighted by molar-refractivity contribution is 0.508. The van der Waals surface area contributed by atoms with Gasteiger partial charge in [0.25, 0.3) is 0 Å². The van der Waals surface area contributed by atoms with E-state index >= 15 is 0 Å². The second kappa shape index (κ2) is 7.66. The van der Waals surface area contributed by atoms with Crippen LogP contribution in [-0.2, 0) is 6.42 Å². The van der Waals surface area contributed by atoms with Crippen LogP contribution in [-0.4, -0.2) is 6.54 Å². The van der Waals surface area contributed by atoms with Crippen LogP contribution in [0.3, 0.4) is 0 Å². The van der Waals surface area contributed by atoms with E-state index in [1.165, 1.54) is 12.1 Å². The van der Waals surface area contributed by atoms with Gasteiger partial charge in [-0.3, -0.25) is 0 Å². The van der Waals surface area contributed by atoms with Gasteiger partial charge in [-0.1, -0.05) is 35.0 Å². The summed E-state index contributed by atoms with van der Waals surface area (Å²) in [5, 5.41) is 3.40. The van der Waals surface area contributed by atoms with Crippen molar-refractivity contribution in [3.63, 3.8) is 0 Å². The number of rotatable bonds is 6. The van der Waals surface area contributed by atoms with E-state index in [-0.39, 0.29) is 11.9 Å². The zero-order chi connectivity index (χ0) is 15.2. The monoisotopic (exact) mass is 353 g/mol. The van der Waals surface area contributed by atoms with Gasteiger partial charge in [-0.05, 0) is 60.8 Å². The van der Waals surface area contributed by atoms with E-state index in [2.05, 4.69) is 28.2 Å². The Morgan fingerprint density at radius 2 is 1.81 bits per heavy atom. The molecule has 2 aromatic carbocycles. The molecule has 21 heavy (non-hydrogen) atoms. The summed E-state index contributed by atoms with van der Waals surface area (Å²) in [5.41, 5.74) is 1.46.